The summed E-state index contributed by atoms with van der Waals surface area (Å²) in [6, 6.07) is 6.66. The first-order valence-electron chi connectivity index (χ1n) is 10.7. The number of nitrogens with zero attached hydrogens (tertiary/aromatic N) is 2. The molecule has 1 saturated carbocycles. The molecule has 2 unspecified atom stereocenters. The smallest absolute Gasteiger partial charge is 0.406 e. The fourth-order valence-corrected chi connectivity index (χ4v) is 4.90. The van der Waals surface area contributed by atoms with Crippen molar-refractivity contribution in [2.24, 2.45) is 0 Å². The largest absolute Gasteiger partial charge is 0.573 e. The van der Waals surface area contributed by atoms with E-state index in [1.54, 1.807) is 6.07 Å². The number of hydrogen-bond donors (Lipinski definition) is 1. The monoisotopic (exact) mass is 486 g/mol. The lowest BCUT2D eigenvalue weighted by Gasteiger charge is -2.45. The third kappa shape index (κ3) is 7.67. The van der Waals surface area contributed by atoms with Gasteiger partial charge in [0.25, 0.3) is 0 Å². The van der Waals surface area contributed by atoms with Gasteiger partial charge in [0.15, 0.2) is 0 Å². The molecule has 1 aromatic rings. The maximum Gasteiger partial charge on any atom is 0.573 e. The van der Waals surface area contributed by atoms with Gasteiger partial charge in [0, 0.05) is 38.1 Å². The molecule has 31 heavy (non-hydrogen) atoms. The van der Waals surface area contributed by atoms with Gasteiger partial charge in [-0.3, -0.25) is 4.90 Å². The van der Waals surface area contributed by atoms with E-state index in [-0.39, 0.29) is 36.5 Å². The van der Waals surface area contributed by atoms with E-state index in [0.29, 0.717) is 25.4 Å². The normalized spacial score (nSPS) is 23.4. The topological polar surface area (TPSA) is 35.9 Å². The zero-order chi connectivity index (χ0) is 21.1. The fourth-order valence-electron chi connectivity index (χ4n) is 4.90. The average Bonchev–Trinajstić information content (AvgIpc) is 2.66. The summed E-state index contributed by atoms with van der Waals surface area (Å²) >= 11 is 0. The van der Waals surface area contributed by atoms with Crippen molar-refractivity contribution in [3.05, 3.63) is 29.8 Å². The van der Waals surface area contributed by atoms with Crippen LogP contribution in [0, 0.1) is 0 Å². The Hall–Kier alpha value is -0.730. The van der Waals surface area contributed by atoms with Crippen molar-refractivity contribution >= 4 is 24.8 Å². The van der Waals surface area contributed by atoms with Gasteiger partial charge in [-0.15, -0.1) is 38.0 Å². The second-order valence-electron chi connectivity index (χ2n) is 8.64. The van der Waals surface area contributed by atoms with Crippen molar-refractivity contribution in [1.82, 2.24) is 9.80 Å². The van der Waals surface area contributed by atoms with E-state index in [2.05, 4.69) is 28.5 Å². The SMILES string of the molecule is CCC1CN(CC(c2cccc(OC(F)(F)F)c2)C2(O)CCCCC2)CCN1C.Cl.Cl. The third-order valence-electron chi connectivity index (χ3n) is 6.64. The van der Waals surface area contributed by atoms with E-state index in [1.165, 1.54) is 12.1 Å². The molecule has 1 saturated heterocycles. The predicted molar refractivity (Wildman–Crippen MR) is 122 cm³/mol. The molecule has 0 spiro atoms. The Balaban J connectivity index is 0.00000240. The van der Waals surface area contributed by atoms with Gasteiger partial charge in [0.1, 0.15) is 5.75 Å². The Bertz CT molecular complexity index is 672. The number of benzene rings is 1. The molecule has 0 amide bonds. The summed E-state index contributed by atoms with van der Waals surface area (Å²) in [5.41, 5.74) is -0.164. The molecule has 180 valence electrons. The summed E-state index contributed by atoms with van der Waals surface area (Å²) in [4.78, 5) is 4.72. The fraction of sp³-hybridized carbons (Fsp3) is 0.727. The molecule has 2 atom stereocenters. The predicted octanol–water partition coefficient (Wildman–Crippen LogP) is 5.23. The summed E-state index contributed by atoms with van der Waals surface area (Å²) < 4.78 is 42.3. The van der Waals surface area contributed by atoms with E-state index in [9.17, 15) is 18.3 Å². The standard InChI is InChI=1S/C22H33F3N2O2.2ClH/c1-3-18-15-27(13-12-26(18)2)16-20(21(28)10-5-4-6-11-21)17-8-7-9-19(14-17)29-22(23,24)25;;/h7-9,14,18,20,28H,3-6,10-13,15-16H2,1-2H3;2*1H. The van der Waals surface area contributed by atoms with Crippen LogP contribution >= 0.6 is 24.8 Å². The number of halogens is 5. The molecule has 2 aliphatic rings. The van der Waals surface area contributed by atoms with E-state index in [4.69, 9.17) is 0 Å². The molecule has 2 fully saturated rings. The van der Waals surface area contributed by atoms with Crippen LogP contribution in [0.5, 0.6) is 5.75 Å². The number of aliphatic hydroxyl groups is 1. The highest BCUT2D eigenvalue weighted by molar-refractivity contribution is 5.85. The summed E-state index contributed by atoms with van der Waals surface area (Å²) in [5, 5.41) is 11.5. The first kappa shape index (κ1) is 28.3. The number of rotatable bonds is 6. The van der Waals surface area contributed by atoms with Crippen molar-refractivity contribution in [2.75, 3.05) is 33.2 Å². The number of ether oxygens (including phenoxy) is 1. The third-order valence-corrected chi connectivity index (χ3v) is 6.64. The minimum Gasteiger partial charge on any atom is -0.406 e. The summed E-state index contributed by atoms with van der Waals surface area (Å²) in [5.74, 6) is -0.454. The van der Waals surface area contributed by atoms with Crippen LogP contribution in [-0.2, 0) is 0 Å². The summed E-state index contributed by atoms with van der Waals surface area (Å²) in [6.45, 7) is 5.60. The van der Waals surface area contributed by atoms with Crippen molar-refractivity contribution in [3.63, 3.8) is 0 Å². The van der Waals surface area contributed by atoms with E-state index in [0.717, 1.165) is 50.9 Å². The molecular formula is C22H35Cl2F3N2O2. The molecule has 0 aromatic heterocycles. The van der Waals surface area contributed by atoms with Gasteiger partial charge in [-0.05, 0) is 44.0 Å². The number of alkyl halides is 3. The Morgan fingerprint density at radius 1 is 1.16 bits per heavy atom. The second-order valence-corrected chi connectivity index (χ2v) is 8.64. The van der Waals surface area contributed by atoms with E-state index < -0.39 is 12.0 Å². The molecule has 9 heteroatoms. The molecule has 1 N–H and O–H groups in total. The lowest BCUT2D eigenvalue weighted by Crippen LogP contribution is -2.54. The lowest BCUT2D eigenvalue weighted by molar-refractivity contribution is -0.274. The Kier molecular flexibility index (Phi) is 10.9. The van der Waals surface area contributed by atoms with Gasteiger partial charge in [0.2, 0.25) is 0 Å². The van der Waals surface area contributed by atoms with Crippen LogP contribution in [0.1, 0.15) is 56.9 Å². The van der Waals surface area contributed by atoms with Crippen molar-refractivity contribution in [1.29, 1.82) is 0 Å². The van der Waals surface area contributed by atoms with Crippen molar-refractivity contribution < 1.29 is 23.0 Å². The van der Waals surface area contributed by atoms with Crippen LogP contribution in [-0.4, -0.2) is 66.1 Å². The van der Waals surface area contributed by atoms with Crippen LogP contribution in [0.25, 0.3) is 0 Å². The first-order valence-corrected chi connectivity index (χ1v) is 10.7. The highest BCUT2D eigenvalue weighted by Gasteiger charge is 2.41. The van der Waals surface area contributed by atoms with Crippen LogP contribution in [0.4, 0.5) is 13.2 Å². The maximum absolute atomic E-state index is 12.7. The Morgan fingerprint density at radius 3 is 2.45 bits per heavy atom. The molecule has 0 bridgehead atoms. The average molecular weight is 487 g/mol. The molecule has 4 nitrogen and oxygen atoms in total. The molecular weight excluding hydrogens is 452 g/mol. The van der Waals surface area contributed by atoms with Crippen molar-refractivity contribution in [3.8, 4) is 5.75 Å². The van der Waals surface area contributed by atoms with Gasteiger partial charge in [0.05, 0.1) is 5.60 Å². The zero-order valence-electron chi connectivity index (χ0n) is 18.2. The van der Waals surface area contributed by atoms with Crippen LogP contribution < -0.4 is 4.74 Å². The highest BCUT2D eigenvalue weighted by Crippen LogP contribution is 2.41. The van der Waals surface area contributed by atoms with Crippen LogP contribution in [0.2, 0.25) is 0 Å². The van der Waals surface area contributed by atoms with Gasteiger partial charge in [-0.2, -0.15) is 0 Å². The summed E-state index contributed by atoms with van der Waals surface area (Å²) in [7, 11) is 2.13. The Labute approximate surface area is 195 Å². The highest BCUT2D eigenvalue weighted by atomic mass is 35.5. The van der Waals surface area contributed by atoms with E-state index in [1.807, 2.05) is 6.07 Å². The Morgan fingerprint density at radius 2 is 1.84 bits per heavy atom. The van der Waals surface area contributed by atoms with Gasteiger partial charge < -0.3 is 14.7 Å². The minimum absolute atomic E-state index is 0. The maximum atomic E-state index is 12.7. The second kappa shape index (κ2) is 11.9. The molecule has 1 heterocycles. The number of piperazine rings is 1. The minimum atomic E-state index is -4.72. The molecule has 1 aromatic carbocycles. The molecule has 0 radical (unpaired) electrons. The quantitative estimate of drug-likeness (QED) is 0.596. The molecule has 1 aliphatic carbocycles. The molecule has 1 aliphatic heterocycles. The first-order chi connectivity index (χ1) is 13.7. The number of likely N-dealkylation sites (N-methyl/N-ethyl adjacent to an activating group) is 1. The number of hydrogen-bond acceptors (Lipinski definition) is 4. The van der Waals surface area contributed by atoms with Gasteiger partial charge in [-0.1, -0.05) is 38.3 Å². The molecule has 3 rings (SSSR count). The van der Waals surface area contributed by atoms with Crippen LogP contribution in [0.3, 0.4) is 0 Å². The van der Waals surface area contributed by atoms with Gasteiger partial charge in [-0.25, -0.2) is 0 Å². The zero-order valence-corrected chi connectivity index (χ0v) is 19.9. The van der Waals surface area contributed by atoms with Crippen LogP contribution in [0.15, 0.2) is 24.3 Å². The lowest BCUT2D eigenvalue weighted by atomic mass is 9.72. The van der Waals surface area contributed by atoms with Gasteiger partial charge >= 0.3 is 6.36 Å². The van der Waals surface area contributed by atoms with E-state index >= 15 is 0 Å². The van der Waals surface area contributed by atoms with Crippen molar-refractivity contribution in [2.45, 2.75) is 69.4 Å². The summed E-state index contributed by atoms with van der Waals surface area (Å²) in [6.07, 6.45) is 0.704.